The number of carbonyl (C=O) groups is 1. The molecule has 1 atom stereocenters. The van der Waals surface area contributed by atoms with Gasteiger partial charge in [-0.05, 0) is 38.0 Å². The lowest BCUT2D eigenvalue weighted by molar-refractivity contribution is -0.138. The van der Waals surface area contributed by atoms with E-state index in [1.54, 1.807) is 0 Å². The number of rotatable bonds is 2. The molecule has 0 spiro atoms. The van der Waals surface area contributed by atoms with Gasteiger partial charge in [-0.2, -0.15) is 18.3 Å². The van der Waals surface area contributed by atoms with E-state index in [2.05, 4.69) is 10.2 Å². The summed E-state index contributed by atoms with van der Waals surface area (Å²) in [5.74, 6) is -0.523. The molecular weight excluding hydrogens is 319 g/mol. The smallest absolute Gasteiger partial charge is 0.338 e. The number of likely N-dealkylation sites (tertiary alicyclic amines) is 1. The standard InChI is InChI=1S/C17H18F3N3O/c1-11-9-15(22-21-11)12-5-4-8-23(10-12)16(24)13-6-2-3-7-14(13)17(18,19)20/h2-3,6-7,9,12H,4-5,8,10H2,1H3,(H,21,22). The van der Waals surface area contributed by atoms with Crippen molar-refractivity contribution in [2.45, 2.75) is 31.9 Å². The van der Waals surface area contributed by atoms with Gasteiger partial charge in [0.2, 0.25) is 0 Å². The zero-order valence-electron chi connectivity index (χ0n) is 13.2. The molecule has 0 aliphatic carbocycles. The Balaban J connectivity index is 1.83. The lowest BCUT2D eigenvalue weighted by Crippen LogP contribution is -2.40. The Bertz CT molecular complexity index is 739. The summed E-state index contributed by atoms with van der Waals surface area (Å²) >= 11 is 0. The average molecular weight is 337 g/mol. The summed E-state index contributed by atoms with van der Waals surface area (Å²) in [6, 6.07) is 6.87. The Hall–Kier alpha value is -2.31. The first-order valence-electron chi connectivity index (χ1n) is 7.83. The van der Waals surface area contributed by atoms with E-state index in [-0.39, 0.29) is 11.5 Å². The van der Waals surface area contributed by atoms with E-state index in [9.17, 15) is 18.0 Å². The maximum absolute atomic E-state index is 13.1. The number of halogens is 3. The van der Waals surface area contributed by atoms with Crippen LogP contribution in [0.25, 0.3) is 0 Å². The molecule has 2 heterocycles. The van der Waals surface area contributed by atoms with Crippen LogP contribution in [0.5, 0.6) is 0 Å². The number of aromatic nitrogens is 2. The number of benzene rings is 1. The van der Waals surface area contributed by atoms with E-state index < -0.39 is 17.6 Å². The Morgan fingerprint density at radius 1 is 1.33 bits per heavy atom. The second kappa shape index (κ2) is 6.30. The molecule has 0 bridgehead atoms. The number of hydrogen-bond acceptors (Lipinski definition) is 2. The molecule has 1 aliphatic heterocycles. The summed E-state index contributed by atoms with van der Waals surface area (Å²) in [6.45, 7) is 2.74. The van der Waals surface area contributed by atoms with Gasteiger partial charge in [-0.3, -0.25) is 9.89 Å². The fraction of sp³-hybridized carbons (Fsp3) is 0.412. The van der Waals surface area contributed by atoms with Crippen molar-refractivity contribution >= 4 is 5.91 Å². The third kappa shape index (κ3) is 3.29. The minimum atomic E-state index is -4.54. The molecule has 2 aromatic rings. The van der Waals surface area contributed by atoms with E-state index in [1.807, 2.05) is 13.0 Å². The summed E-state index contributed by atoms with van der Waals surface area (Å²) in [4.78, 5) is 14.1. The second-order valence-corrected chi connectivity index (χ2v) is 6.11. The molecule has 1 amide bonds. The molecule has 1 N–H and O–H groups in total. The van der Waals surface area contributed by atoms with E-state index in [1.165, 1.54) is 23.1 Å². The number of H-pyrrole nitrogens is 1. The van der Waals surface area contributed by atoms with Gasteiger partial charge in [0, 0.05) is 24.7 Å². The van der Waals surface area contributed by atoms with Crippen LogP contribution in [0.15, 0.2) is 30.3 Å². The van der Waals surface area contributed by atoms with Crippen molar-refractivity contribution in [3.8, 4) is 0 Å². The van der Waals surface area contributed by atoms with E-state index in [0.29, 0.717) is 13.1 Å². The molecule has 0 saturated carbocycles. The van der Waals surface area contributed by atoms with Crippen molar-refractivity contribution in [1.82, 2.24) is 15.1 Å². The van der Waals surface area contributed by atoms with Crippen LogP contribution < -0.4 is 0 Å². The Kier molecular flexibility index (Phi) is 4.34. The fourth-order valence-corrected chi connectivity index (χ4v) is 3.14. The van der Waals surface area contributed by atoms with Crippen LogP contribution in [-0.2, 0) is 6.18 Å². The molecule has 1 aromatic carbocycles. The number of nitrogens with zero attached hydrogens (tertiary/aromatic N) is 2. The molecule has 3 rings (SSSR count). The molecule has 1 saturated heterocycles. The molecule has 1 fully saturated rings. The van der Waals surface area contributed by atoms with Gasteiger partial charge in [-0.15, -0.1) is 0 Å². The Morgan fingerprint density at radius 3 is 2.75 bits per heavy atom. The first kappa shape index (κ1) is 16.5. The second-order valence-electron chi connectivity index (χ2n) is 6.11. The van der Waals surface area contributed by atoms with Crippen molar-refractivity contribution < 1.29 is 18.0 Å². The topological polar surface area (TPSA) is 49.0 Å². The number of nitrogens with one attached hydrogen (secondary N) is 1. The molecule has 128 valence electrons. The van der Waals surface area contributed by atoms with Gasteiger partial charge in [0.25, 0.3) is 5.91 Å². The first-order valence-corrected chi connectivity index (χ1v) is 7.83. The number of aromatic amines is 1. The van der Waals surface area contributed by atoms with Crippen molar-refractivity contribution in [3.63, 3.8) is 0 Å². The van der Waals surface area contributed by atoms with Crippen LogP contribution in [-0.4, -0.2) is 34.1 Å². The monoisotopic (exact) mass is 337 g/mol. The average Bonchev–Trinajstić information content (AvgIpc) is 3.00. The highest BCUT2D eigenvalue weighted by Crippen LogP contribution is 2.33. The Labute approximate surface area is 137 Å². The third-order valence-electron chi connectivity index (χ3n) is 4.32. The molecule has 24 heavy (non-hydrogen) atoms. The number of carbonyl (C=O) groups excluding carboxylic acids is 1. The van der Waals surface area contributed by atoms with Crippen molar-refractivity contribution in [2.75, 3.05) is 13.1 Å². The predicted molar refractivity (Wildman–Crippen MR) is 82.6 cm³/mol. The van der Waals surface area contributed by atoms with Crippen LogP contribution in [0.4, 0.5) is 13.2 Å². The maximum Gasteiger partial charge on any atom is 0.417 e. The van der Waals surface area contributed by atoms with Crippen LogP contribution in [0, 0.1) is 6.92 Å². The molecule has 7 heteroatoms. The molecule has 1 aliphatic rings. The maximum atomic E-state index is 13.1. The minimum Gasteiger partial charge on any atom is -0.338 e. The molecule has 4 nitrogen and oxygen atoms in total. The number of hydrogen-bond donors (Lipinski definition) is 1. The van der Waals surface area contributed by atoms with E-state index >= 15 is 0 Å². The normalized spacial score (nSPS) is 18.7. The van der Waals surface area contributed by atoms with Gasteiger partial charge in [0.15, 0.2) is 0 Å². The molecule has 1 aromatic heterocycles. The van der Waals surface area contributed by atoms with Crippen molar-refractivity contribution in [2.24, 2.45) is 0 Å². The molecule has 1 unspecified atom stereocenters. The summed E-state index contributed by atoms with van der Waals surface area (Å²) in [5, 5.41) is 7.09. The van der Waals surface area contributed by atoms with E-state index in [0.717, 1.165) is 30.3 Å². The van der Waals surface area contributed by atoms with Crippen LogP contribution in [0.2, 0.25) is 0 Å². The third-order valence-corrected chi connectivity index (χ3v) is 4.32. The summed E-state index contributed by atoms with van der Waals surface area (Å²) in [7, 11) is 0. The van der Waals surface area contributed by atoms with Crippen LogP contribution in [0.3, 0.4) is 0 Å². The molecule has 0 radical (unpaired) electrons. The number of piperidine rings is 1. The van der Waals surface area contributed by atoms with Crippen LogP contribution in [0.1, 0.15) is 46.1 Å². The van der Waals surface area contributed by atoms with Crippen molar-refractivity contribution in [1.29, 1.82) is 0 Å². The van der Waals surface area contributed by atoms with Gasteiger partial charge in [0.05, 0.1) is 16.8 Å². The summed E-state index contributed by atoms with van der Waals surface area (Å²) < 4.78 is 39.4. The van der Waals surface area contributed by atoms with Gasteiger partial charge in [0.1, 0.15) is 0 Å². The zero-order chi connectivity index (χ0) is 17.3. The predicted octanol–water partition coefficient (Wildman–Crippen LogP) is 3.76. The highest BCUT2D eigenvalue weighted by Gasteiger charge is 2.36. The number of alkyl halides is 3. The summed E-state index contributed by atoms with van der Waals surface area (Å²) in [6.07, 6.45) is -2.92. The lowest BCUT2D eigenvalue weighted by Gasteiger charge is -2.32. The first-order chi connectivity index (χ1) is 11.4. The van der Waals surface area contributed by atoms with Gasteiger partial charge >= 0.3 is 6.18 Å². The van der Waals surface area contributed by atoms with Gasteiger partial charge in [-0.1, -0.05) is 12.1 Å². The van der Waals surface area contributed by atoms with E-state index in [4.69, 9.17) is 0 Å². The van der Waals surface area contributed by atoms with Crippen molar-refractivity contribution in [3.05, 3.63) is 52.8 Å². The highest BCUT2D eigenvalue weighted by molar-refractivity contribution is 5.96. The summed E-state index contributed by atoms with van der Waals surface area (Å²) in [5.41, 5.74) is 0.613. The van der Waals surface area contributed by atoms with Crippen LogP contribution >= 0.6 is 0 Å². The Morgan fingerprint density at radius 2 is 2.08 bits per heavy atom. The number of aryl methyl sites for hydroxylation is 1. The quantitative estimate of drug-likeness (QED) is 0.907. The zero-order valence-corrected chi connectivity index (χ0v) is 13.2. The van der Waals surface area contributed by atoms with Gasteiger partial charge in [-0.25, -0.2) is 0 Å². The lowest BCUT2D eigenvalue weighted by atomic mass is 9.93. The van der Waals surface area contributed by atoms with Gasteiger partial charge < -0.3 is 4.90 Å². The number of amides is 1. The molecular formula is C17H18F3N3O. The SMILES string of the molecule is Cc1cc(C2CCCN(C(=O)c3ccccc3C(F)(F)F)C2)n[nH]1. The minimum absolute atomic E-state index is 0.0469. The highest BCUT2D eigenvalue weighted by atomic mass is 19.4. The fourth-order valence-electron chi connectivity index (χ4n) is 3.14. The largest absolute Gasteiger partial charge is 0.417 e.